The highest BCUT2D eigenvalue weighted by molar-refractivity contribution is 6.33. The Morgan fingerprint density at radius 3 is 2.38 bits per heavy atom. The van der Waals surface area contributed by atoms with E-state index in [9.17, 15) is 23.3 Å². The Hall–Kier alpha value is -1.50. The number of nitrogens with zero attached hydrogens (tertiary/aromatic N) is 1. The highest BCUT2D eigenvalue weighted by atomic mass is 35.5. The number of nitro groups is 1. The summed E-state index contributed by atoms with van der Waals surface area (Å²) in [7, 11) is 1.28. The van der Waals surface area contributed by atoms with Crippen molar-refractivity contribution in [1.82, 2.24) is 0 Å². The highest BCUT2D eigenvalue weighted by Gasteiger charge is 2.33. The number of benzene rings is 1. The summed E-state index contributed by atoms with van der Waals surface area (Å²) in [5.74, 6) is 0. The minimum Gasteiger partial charge on any atom is -0.383 e. The van der Waals surface area contributed by atoms with Gasteiger partial charge in [0.25, 0.3) is 0 Å². The third-order valence-electron chi connectivity index (χ3n) is 1.84. The van der Waals surface area contributed by atoms with Gasteiger partial charge in [0.2, 0.25) is 0 Å². The molecule has 8 heteroatoms. The van der Waals surface area contributed by atoms with Crippen molar-refractivity contribution in [1.29, 1.82) is 0 Å². The molecule has 0 radical (unpaired) electrons. The molecule has 0 aliphatic rings. The Balaban J connectivity index is 3.44. The van der Waals surface area contributed by atoms with Crippen molar-refractivity contribution in [3.05, 3.63) is 32.8 Å². The van der Waals surface area contributed by atoms with Gasteiger partial charge in [-0.1, -0.05) is 11.6 Å². The quantitative estimate of drug-likeness (QED) is 0.651. The molecule has 1 rings (SSSR count). The predicted molar refractivity (Wildman–Crippen MR) is 52.7 cm³/mol. The van der Waals surface area contributed by atoms with Crippen molar-refractivity contribution < 1.29 is 18.1 Å². The molecule has 16 heavy (non-hydrogen) atoms. The Labute approximate surface area is 93.2 Å². The third-order valence-corrected chi connectivity index (χ3v) is 2.13. The van der Waals surface area contributed by atoms with Crippen molar-refractivity contribution in [3.8, 4) is 0 Å². The molecule has 0 saturated heterocycles. The molecule has 88 valence electrons. The lowest BCUT2D eigenvalue weighted by molar-refractivity contribution is -0.383. The zero-order valence-corrected chi connectivity index (χ0v) is 8.69. The average Bonchev–Trinajstić information content (AvgIpc) is 2.14. The SMILES string of the molecule is CNc1cc(C(F)(F)F)cc(Cl)c1[N+](=O)[O-]. The molecule has 0 heterocycles. The normalized spacial score (nSPS) is 11.3. The van der Waals surface area contributed by atoms with Crippen LogP contribution in [0.15, 0.2) is 12.1 Å². The Bertz CT molecular complexity index is 434. The molecule has 1 aromatic rings. The zero-order valence-electron chi connectivity index (χ0n) is 7.93. The Kier molecular flexibility index (Phi) is 3.27. The fourth-order valence-electron chi connectivity index (χ4n) is 1.14. The summed E-state index contributed by atoms with van der Waals surface area (Å²) in [5.41, 5.74) is -1.88. The van der Waals surface area contributed by atoms with Crippen molar-refractivity contribution in [3.63, 3.8) is 0 Å². The summed E-state index contributed by atoms with van der Waals surface area (Å²) in [6.45, 7) is 0. The summed E-state index contributed by atoms with van der Waals surface area (Å²) in [6.07, 6.45) is -4.59. The largest absolute Gasteiger partial charge is 0.416 e. The standard InChI is InChI=1S/C8H6ClF3N2O2/c1-13-6-3-4(8(10,11)12)2-5(9)7(6)14(15)16/h2-3,13H,1H3. The van der Waals surface area contributed by atoms with E-state index < -0.39 is 27.4 Å². The van der Waals surface area contributed by atoms with Crippen LogP contribution in [0.25, 0.3) is 0 Å². The van der Waals surface area contributed by atoms with Crippen LogP contribution >= 0.6 is 11.6 Å². The first kappa shape index (κ1) is 12.6. The van der Waals surface area contributed by atoms with Gasteiger partial charge in [-0.25, -0.2) is 0 Å². The molecule has 0 spiro atoms. The zero-order chi connectivity index (χ0) is 12.5. The predicted octanol–water partition coefficient (Wildman–Crippen LogP) is 3.31. The van der Waals surface area contributed by atoms with Gasteiger partial charge in [-0.05, 0) is 12.1 Å². The summed E-state index contributed by atoms with van der Waals surface area (Å²) < 4.78 is 37.1. The molecule has 0 saturated carbocycles. The first-order chi connectivity index (χ1) is 7.27. The number of nitrogens with one attached hydrogen (secondary N) is 1. The summed E-state index contributed by atoms with van der Waals surface area (Å²) in [5, 5.41) is 12.3. The van der Waals surface area contributed by atoms with Crippen LogP contribution < -0.4 is 5.32 Å². The maximum atomic E-state index is 12.4. The van der Waals surface area contributed by atoms with Crippen LogP contribution in [-0.4, -0.2) is 12.0 Å². The number of nitro benzene ring substituents is 1. The number of hydrogen-bond donors (Lipinski definition) is 1. The van der Waals surface area contributed by atoms with Crippen LogP contribution in [0.3, 0.4) is 0 Å². The van der Waals surface area contributed by atoms with Crippen LogP contribution in [-0.2, 0) is 6.18 Å². The van der Waals surface area contributed by atoms with E-state index in [4.69, 9.17) is 11.6 Å². The van der Waals surface area contributed by atoms with Crippen molar-refractivity contribution in [2.24, 2.45) is 0 Å². The van der Waals surface area contributed by atoms with Gasteiger partial charge >= 0.3 is 11.9 Å². The third kappa shape index (κ3) is 2.35. The van der Waals surface area contributed by atoms with Gasteiger partial charge in [0.1, 0.15) is 10.7 Å². The van der Waals surface area contributed by atoms with Crippen molar-refractivity contribution in [2.45, 2.75) is 6.18 Å². The lowest BCUT2D eigenvalue weighted by atomic mass is 10.1. The van der Waals surface area contributed by atoms with Crippen LogP contribution in [0, 0.1) is 10.1 Å². The first-order valence-corrected chi connectivity index (χ1v) is 4.38. The van der Waals surface area contributed by atoms with E-state index in [0.29, 0.717) is 12.1 Å². The summed E-state index contributed by atoms with van der Waals surface area (Å²) >= 11 is 5.43. The molecule has 0 aliphatic heterocycles. The number of halogens is 4. The smallest absolute Gasteiger partial charge is 0.383 e. The average molecular weight is 255 g/mol. The van der Waals surface area contributed by atoms with Gasteiger partial charge in [-0.15, -0.1) is 0 Å². The molecule has 0 unspecified atom stereocenters. The van der Waals surface area contributed by atoms with Crippen LogP contribution in [0.5, 0.6) is 0 Å². The number of rotatable bonds is 2. The molecule has 0 aromatic heterocycles. The summed E-state index contributed by atoms with van der Waals surface area (Å²) in [4.78, 5) is 9.72. The second-order valence-corrected chi connectivity index (χ2v) is 3.27. The van der Waals surface area contributed by atoms with Gasteiger partial charge in [0.05, 0.1) is 10.5 Å². The van der Waals surface area contributed by atoms with Crippen LogP contribution in [0.4, 0.5) is 24.5 Å². The maximum absolute atomic E-state index is 12.4. The molecular weight excluding hydrogens is 249 g/mol. The maximum Gasteiger partial charge on any atom is 0.416 e. The van der Waals surface area contributed by atoms with Gasteiger partial charge in [-0.3, -0.25) is 10.1 Å². The fourth-order valence-corrected chi connectivity index (χ4v) is 1.43. The van der Waals surface area contributed by atoms with Crippen LogP contribution in [0.2, 0.25) is 5.02 Å². The number of hydrogen-bond acceptors (Lipinski definition) is 3. The highest BCUT2D eigenvalue weighted by Crippen LogP contribution is 2.39. The van der Waals surface area contributed by atoms with Gasteiger partial charge in [0.15, 0.2) is 0 Å². The van der Waals surface area contributed by atoms with E-state index in [2.05, 4.69) is 5.32 Å². The second kappa shape index (κ2) is 4.17. The molecule has 0 fully saturated rings. The van der Waals surface area contributed by atoms with Crippen molar-refractivity contribution in [2.75, 3.05) is 12.4 Å². The number of anilines is 1. The molecule has 0 amide bonds. The molecule has 1 N–H and O–H groups in total. The lowest BCUT2D eigenvalue weighted by Gasteiger charge is -2.10. The molecule has 4 nitrogen and oxygen atoms in total. The minimum absolute atomic E-state index is 0.273. The van der Waals surface area contributed by atoms with E-state index >= 15 is 0 Å². The summed E-state index contributed by atoms with van der Waals surface area (Å²) in [6, 6.07) is 1.17. The van der Waals surface area contributed by atoms with Gasteiger partial charge < -0.3 is 5.32 Å². The molecule has 0 atom stereocenters. The number of alkyl halides is 3. The molecule has 0 bridgehead atoms. The van der Waals surface area contributed by atoms with Gasteiger partial charge in [0, 0.05) is 7.05 Å². The monoisotopic (exact) mass is 254 g/mol. The van der Waals surface area contributed by atoms with Crippen molar-refractivity contribution >= 4 is 23.0 Å². The Morgan fingerprint density at radius 1 is 1.44 bits per heavy atom. The van der Waals surface area contributed by atoms with E-state index in [1.165, 1.54) is 7.05 Å². The van der Waals surface area contributed by atoms with E-state index in [-0.39, 0.29) is 5.69 Å². The van der Waals surface area contributed by atoms with E-state index in [1.807, 2.05) is 0 Å². The first-order valence-electron chi connectivity index (χ1n) is 4.00. The second-order valence-electron chi connectivity index (χ2n) is 2.86. The molecule has 1 aromatic carbocycles. The Morgan fingerprint density at radius 2 is 2.00 bits per heavy atom. The molecular formula is C8H6ClF3N2O2. The minimum atomic E-state index is -4.59. The lowest BCUT2D eigenvalue weighted by Crippen LogP contribution is -2.07. The topological polar surface area (TPSA) is 55.2 Å². The van der Waals surface area contributed by atoms with Gasteiger partial charge in [-0.2, -0.15) is 13.2 Å². The van der Waals surface area contributed by atoms with Crippen LogP contribution in [0.1, 0.15) is 5.56 Å². The fraction of sp³-hybridized carbons (Fsp3) is 0.250. The molecule has 0 aliphatic carbocycles. The van der Waals surface area contributed by atoms with E-state index in [1.54, 1.807) is 0 Å². The van der Waals surface area contributed by atoms with E-state index in [0.717, 1.165) is 0 Å².